The molecule has 0 saturated heterocycles. The molecule has 0 amide bonds. The fraction of sp³-hybridized carbons (Fsp3) is 0.0909. The first-order chi connectivity index (χ1) is 24.7. The van der Waals surface area contributed by atoms with E-state index in [1.54, 1.807) is 14.2 Å². The average Bonchev–Trinajstić information content (AvgIpc) is 3.17. The second-order valence-corrected chi connectivity index (χ2v) is 18.1. The topological polar surface area (TPSA) is 36.9 Å². The van der Waals surface area contributed by atoms with Crippen LogP contribution in [-0.2, 0) is 9.47 Å². The molecule has 0 spiro atoms. The Balaban J connectivity index is 1.33. The maximum absolute atomic E-state index is 6.29. The minimum absolute atomic E-state index is 0.108. The van der Waals surface area contributed by atoms with Gasteiger partial charge in [0.2, 0.25) is 0 Å². The van der Waals surface area contributed by atoms with Gasteiger partial charge in [-0.1, -0.05) is 0 Å². The summed E-state index contributed by atoms with van der Waals surface area (Å²) in [5.74, 6) is 1.65. The van der Waals surface area contributed by atoms with Crippen molar-refractivity contribution in [2.75, 3.05) is 27.8 Å². The van der Waals surface area contributed by atoms with Gasteiger partial charge in [-0.25, -0.2) is 0 Å². The van der Waals surface area contributed by atoms with Crippen LogP contribution in [0.25, 0.3) is 65.3 Å². The molecule has 246 valence electrons. The van der Waals surface area contributed by atoms with Crippen LogP contribution in [0.15, 0.2) is 146 Å². The van der Waals surface area contributed by atoms with Gasteiger partial charge in [0.1, 0.15) is 0 Å². The predicted octanol–water partition coefficient (Wildman–Crippen LogP) is 8.87. The van der Waals surface area contributed by atoms with Gasteiger partial charge in [0.05, 0.1) is 0 Å². The molecule has 0 aliphatic rings. The van der Waals surface area contributed by atoms with Crippen LogP contribution in [0.4, 0.5) is 0 Å². The summed E-state index contributed by atoms with van der Waals surface area (Å²) in [6, 6.07) is 52.2. The summed E-state index contributed by atoms with van der Waals surface area (Å²) in [6.07, 6.45) is 0. The van der Waals surface area contributed by atoms with Crippen LogP contribution in [0.5, 0.6) is 11.5 Å². The van der Waals surface area contributed by atoms with Crippen LogP contribution in [0.3, 0.4) is 0 Å². The zero-order valence-electron chi connectivity index (χ0n) is 27.7. The van der Waals surface area contributed by atoms with Crippen LogP contribution in [0, 0.1) is 0 Å². The number of hydrogen-bond acceptors (Lipinski definition) is 4. The van der Waals surface area contributed by atoms with Crippen LogP contribution >= 0.6 is 0 Å². The number of ether oxygens (including phenoxy) is 4. The van der Waals surface area contributed by atoms with Crippen LogP contribution < -0.4 is 18.4 Å². The van der Waals surface area contributed by atoms with E-state index >= 15 is 0 Å². The molecule has 0 N–H and O–H groups in total. The molecule has 0 aromatic heterocycles. The molecular formula is C44H34O4Se2. The van der Waals surface area contributed by atoms with Gasteiger partial charge >= 0.3 is 304 Å². The van der Waals surface area contributed by atoms with Crippen molar-refractivity contribution >= 4 is 78.3 Å². The van der Waals surface area contributed by atoms with Crippen molar-refractivity contribution in [1.29, 1.82) is 0 Å². The quantitative estimate of drug-likeness (QED) is 0.0971. The summed E-state index contributed by atoms with van der Waals surface area (Å²) in [6.45, 7) is 0.360. The summed E-state index contributed by atoms with van der Waals surface area (Å²) >= 11 is 0.217. The fourth-order valence-electron chi connectivity index (χ4n) is 6.75. The zero-order valence-corrected chi connectivity index (χ0v) is 31.1. The van der Waals surface area contributed by atoms with Crippen molar-refractivity contribution in [1.82, 2.24) is 0 Å². The zero-order chi connectivity index (χ0) is 33.9. The number of rotatable bonds is 11. The first kappa shape index (κ1) is 32.6. The third-order valence-corrected chi connectivity index (χ3v) is 16.1. The van der Waals surface area contributed by atoms with Crippen molar-refractivity contribution in [2.24, 2.45) is 0 Å². The molecule has 0 unspecified atom stereocenters. The van der Waals surface area contributed by atoms with Gasteiger partial charge in [-0.05, 0) is 0 Å². The van der Waals surface area contributed by atoms with Gasteiger partial charge in [0, 0.05) is 0 Å². The van der Waals surface area contributed by atoms with Crippen molar-refractivity contribution in [3.8, 4) is 33.8 Å². The fourth-order valence-corrected chi connectivity index (χ4v) is 13.9. The van der Waals surface area contributed by atoms with E-state index in [9.17, 15) is 0 Å². The van der Waals surface area contributed by atoms with Gasteiger partial charge in [-0.3, -0.25) is 0 Å². The third kappa shape index (κ3) is 6.16. The average molecular weight is 785 g/mol. The van der Waals surface area contributed by atoms with Gasteiger partial charge in [0.25, 0.3) is 0 Å². The van der Waals surface area contributed by atoms with Crippen molar-refractivity contribution in [2.45, 2.75) is 0 Å². The number of benzene rings is 8. The van der Waals surface area contributed by atoms with E-state index in [-0.39, 0.29) is 39.8 Å². The van der Waals surface area contributed by atoms with E-state index < -0.39 is 0 Å². The Labute approximate surface area is 302 Å². The molecule has 0 aliphatic carbocycles. The van der Waals surface area contributed by atoms with Gasteiger partial charge in [-0.2, -0.15) is 0 Å². The second-order valence-electron chi connectivity index (χ2n) is 11.9. The maximum atomic E-state index is 6.29. The number of methoxy groups -OCH3 is 2. The molecule has 8 rings (SSSR count). The predicted molar refractivity (Wildman–Crippen MR) is 210 cm³/mol. The summed E-state index contributed by atoms with van der Waals surface area (Å²) in [5.41, 5.74) is 4.72. The Morgan fingerprint density at radius 1 is 0.360 bits per heavy atom. The van der Waals surface area contributed by atoms with Crippen LogP contribution in [0.2, 0.25) is 0 Å². The second kappa shape index (κ2) is 14.7. The molecule has 8 aromatic carbocycles. The van der Waals surface area contributed by atoms with Gasteiger partial charge in [-0.15, -0.1) is 0 Å². The molecule has 0 aliphatic heterocycles. The van der Waals surface area contributed by atoms with Gasteiger partial charge < -0.3 is 0 Å². The molecule has 6 heteroatoms. The first-order valence-corrected chi connectivity index (χ1v) is 22.5. The van der Waals surface area contributed by atoms with E-state index in [1.165, 1.54) is 63.1 Å². The monoisotopic (exact) mass is 786 g/mol. The Kier molecular flexibility index (Phi) is 9.56. The molecule has 0 fully saturated rings. The van der Waals surface area contributed by atoms with E-state index in [4.69, 9.17) is 18.9 Å². The Bertz CT molecular complexity index is 2320. The van der Waals surface area contributed by atoms with Crippen LogP contribution in [0.1, 0.15) is 0 Å². The molecular weight excluding hydrogens is 750 g/mol. The van der Waals surface area contributed by atoms with Crippen molar-refractivity contribution in [3.05, 3.63) is 146 Å². The first-order valence-electron chi connectivity index (χ1n) is 16.4. The SMILES string of the molecule is COCOc1ccc2ccccc2c1-c1c([Se][Se]c2ccc3ccccc3c2-c2c(OCOC)ccc3ccccc23)ccc2ccccc12. The van der Waals surface area contributed by atoms with E-state index in [2.05, 4.69) is 146 Å². The van der Waals surface area contributed by atoms with E-state index in [0.717, 1.165) is 22.6 Å². The Morgan fingerprint density at radius 2 is 0.680 bits per heavy atom. The molecule has 8 aromatic rings. The third-order valence-electron chi connectivity index (χ3n) is 8.95. The Hall–Kier alpha value is -4.64. The van der Waals surface area contributed by atoms with Crippen molar-refractivity contribution < 1.29 is 18.9 Å². The molecule has 0 saturated carbocycles. The normalized spacial score (nSPS) is 11.5. The minimum atomic E-state index is 0.108. The molecule has 0 atom stereocenters. The molecule has 50 heavy (non-hydrogen) atoms. The summed E-state index contributed by atoms with van der Waals surface area (Å²) < 4.78 is 26.1. The summed E-state index contributed by atoms with van der Waals surface area (Å²) in [4.78, 5) is 0. The van der Waals surface area contributed by atoms with E-state index in [1.807, 2.05) is 0 Å². The molecule has 0 radical (unpaired) electrons. The Morgan fingerprint density at radius 3 is 1.04 bits per heavy atom. The standard InChI is InChI=1S/C44H34O4Se2/c1-45-27-47-37-23-19-29-11-3-7-15-33(29)41(37)43-35-17-9-5-13-31(35)21-25-39(43)49-50-40-26-22-32-14-6-10-18-36(32)44(40)42-34-16-8-4-12-30(34)20-24-38(42)48-28-46-2/h3-26H,27-28H2,1-2H3. The molecule has 0 heterocycles. The van der Waals surface area contributed by atoms with Crippen molar-refractivity contribution in [3.63, 3.8) is 0 Å². The molecule has 0 bridgehead atoms. The van der Waals surface area contributed by atoms with Crippen LogP contribution in [-0.4, -0.2) is 54.1 Å². The van der Waals surface area contributed by atoms with E-state index in [0.29, 0.717) is 0 Å². The summed E-state index contributed by atoms with van der Waals surface area (Å²) in [7, 11) is 3.33. The number of hydrogen-bond donors (Lipinski definition) is 0. The van der Waals surface area contributed by atoms with Gasteiger partial charge in [0.15, 0.2) is 0 Å². The molecule has 4 nitrogen and oxygen atoms in total. The summed E-state index contributed by atoms with van der Waals surface area (Å²) in [5, 5.41) is 9.58. The number of fused-ring (bicyclic) bond motifs is 4.